The Labute approximate surface area is 131 Å². The quantitative estimate of drug-likeness (QED) is 0.627. The summed E-state index contributed by atoms with van der Waals surface area (Å²) in [6.07, 6.45) is 2.11. The van der Waals surface area contributed by atoms with Crippen LogP contribution in [-0.4, -0.2) is 29.1 Å². The summed E-state index contributed by atoms with van der Waals surface area (Å²) in [4.78, 5) is 24.3. The van der Waals surface area contributed by atoms with E-state index < -0.39 is 0 Å². The molecular formula is C16H16N6O. The summed E-state index contributed by atoms with van der Waals surface area (Å²) in [7, 11) is 0. The number of aromatic nitrogens is 6. The Hall–Kier alpha value is -2.96. The molecule has 4 rings (SSSR count). The molecule has 1 aromatic carbocycles. The van der Waals surface area contributed by atoms with Crippen molar-refractivity contribution in [2.45, 2.75) is 26.3 Å². The van der Waals surface area contributed by atoms with Crippen molar-refractivity contribution in [1.29, 1.82) is 0 Å². The van der Waals surface area contributed by atoms with Crippen molar-refractivity contribution >= 4 is 16.9 Å². The van der Waals surface area contributed by atoms with Crippen LogP contribution < -0.4 is 5.56 Å². The molecule has 0 bridgehead atoms. The predicted molar refractivity (Wildman–Crippen MR) is 86.5 cm³/mol. The number of aromatic amines is 1. The second-order valence-electron chi connectivity index (χ2n) is 5.77. The Morgan fingerprint density at radius 1 is 1.22 bits per heavy atom. The van der Waals surface area contributed by atoms with Crippen molar-refractivity contribution in [3.63, 3.8) is 0 Å². The van der Waals surface area contributed by atoms with E-state index in [2.05, 4.69) is 20.1 Å². The largest absolute Gasteiger partial charge is 0.330 e. The van der Waals surface area contributed by atoms with Gasteiger partial charge >= 0.3 is 5.56 Å². The molecule has 7 heteroatoms. The van der Waals surface area contributed by atoms with Crippen LogP contribution in [0.4, 0.5) is 0 Å². The number of hydrogen-bond donors (Lipinski definition) is 1. The SMILES string of the molecule is CC(C)n1c2[nH]cnc2c(=O)n2nc(Cc3ccccc3)nc12. The second kappa shape index (κ2) is 5.05. The Bertz CT molecular complexity index is 1040. The summed E-state index contributed by atoms with van der Waals surface area (Å²) < 4.78 is 3.30. The molecule has 0 spiro atoms. The van der Waals surface area contributed by atoms with Gasteiger partial charge in [0.25, 0.3) is 0 Å². The van der Waals surface area contributed by atoms with E-state index in [0.29, 0.717) is 29.2 Å². The lowest BCUT2D eigenvalue weighted by Crippen LogP contribution is -2.21. The predicted octanol–water partition coefficient (Wildman–Crippen LogP) is 1.94. The van der Waals surface area contributed by atoms with Crippen LogP contribution in [0, 0.1) is 0 Å². The van der Waals surface area contributed by atoms with Crippen molar-refractivity contribution in [2.24, 2.45) is 0 Å². The highest BCUT2D eigenvalue weighted by atomic mass is 16.1. The van der Waals surface area contributed by atoms with Gasteiger partial charge in [-0.05, 0) is 19.4 Å². The van der Waals surface area contributed by atoms with Crippen molar-refractivity contribution in [1.82, 2.24) is 29.1 Å². The minimum absolute atomic E-state index is 0.120. The van der Waals surface area contributed by atoms with Gasteiger partial charge in [0.15, 0.2) is 11.3 Å². The minimum atomic E-state index is -0.250. The minimum Gasteiger partial charge on any atom is -0.330 e. The average molecular weight is 308 g/mol. The van der Waals surface area contributed by atoms with E-state index >= 15 is 0 Å². The van der Waals surface area contributed by atoms with E-state index in [9.17, 15) is 4.79 Å². The maximum Gasteiger partial charge on any atom is 0.303 e. The van der Waals surface area contributed by atoms with Gasteiger partial charge in [0.2, 0.25) is 5.78 Å². The standard InChI is InChI=1S/C16H16N6O/c1-10(2)21-14-13(17-9-18-14)15(23)22-16(21)19-12(20-22)8-11-6-4-3-5-7-11/h3-7,9-10H,8H2,1-2H3,(H,17,18). The molecule has 0 aliphatic heterocycles. The molecule has 4 aromatic rings. The lowest BCUT2D eigenvalue weighted by molar-refractivity contribution is 0.613. The van der Waals surface area contributed by atoms with E-state index in [0.717, 1.165) is 5.56 Å². The van der Waals surface area contributed by atoms with Gasteiger partial charge in [0.1, 0.15) is 5.65 Å². The summed E-state index contributed by atoms with van der Waals surface area (Å²) in [6, 6.07) is 10.1. The number of benzene rings is 1. The topological polar surface area (TPSA) is 80.9 Å². The van der Waals surface area contributed by atoms with Crippen LogP contribution in [0.1, 0.15) is 31.3 Å². The third-order valence-electron chi connectivity index (χ3n) is 3.83. The Balaban J connectivity index is 1.96. The van der Waals surface area contributed by atoms with Crippen molar-refractivity contribution < 1.29 is 0 Å². The van der Waals surface area contributed by atoms with Crippen LogP contribution in [0.25, 0.3) is 16.9 Å². The first-order valence-electron chi connectivity index (χ1n) is 7.52. The number of H-pyrrole nitrogens is 1. The summed E-state index contributed by atoms with van der Waals surface area (Å²) in [6.45, 7) is 4.08. The summed E-state index contributed by atoms with van der Waals surface area (Å²) >= 11 is 0. The Kier molecular flexibility index (Phi) is 3.00. The Morgan fingerprint density at radius 3 is 2.74 bits per heavy atom. The highest BCUT2D eigenvalue weighted by molar-refractivity contribution is 5.72. The highest BCUT2D eigenvalue weighted by Gasteiger charge is 2.18. The fraction of sp³-hybridized carbons (Fsp3) is 0.250. The van der Waals surface area contributed by atoms with E-state index in [1.54, 1.807) is 0 Å². The zero-order valence-corrected chi connectivity index (χ0v) is 12.9. The molecule has 0 radical (unpaired) electrons. The second-order valence-corrected chi connectivity index (χ2v) is 5.77. The van der Waals surface area contributed by atoms with Gasteiger partial charge in [-0.1, -0.05) is 30.3 Å². The first-order chi connectivity index (χ1) is 11.1. The van der Waals surface area contributed by atoms with Crippen molar-refractivity contribution in [3.05, 3.63) is 58.4 Å². The number of hydrogen-bond acceptors (Lipinski definition) is 4. The van der Waals surface area contributed by atoms with E-state index in [1.165, 1.54) is 10.8 Å². The van der Waals surface area contributed by atoms with Crippen molar-refractivity contribution in [3.8, 4) is 0 Å². The molecule has 3 heterocycles. The highest BCUT2D eigenvalue weighted by Crippen LogP contribution is 2.16. The lowest BCUT2D eigenvalue weighted by Gasteiger charge is -2.12. The number of imidazole rings is 1. The molecule has 0 fully saturated rings. The third kappa shape index (κ3) is 2.12. The molecule has 0 amide bonds. The van der Waals surface area contributed by atoms with E-state index in [1.807, 2.05) is 48.7 Å². The molecule has 0 saturated carbocycles. The maximum atomic E-state index is 12.6. The molecule has 7 nitrogen and oxygen atoms in total. The fourth-order valence-corrected chi connectivity index (χ4v) is 2.81. The molecule has 0 unspecified atom stereocenters. The molecule has 0 saturated heterocycles. The Morgan fingerprint density at radius 2 is 2.00 bits per heavy atom. The van der Waals surface area contributed by atoms with Crippen LogP contribution >= 0.6 is 0 Å². The smallest absolute Gasteiger partial charge is 0.303 e. The summed E-state index contributed by atoms with van der Waals surface area (Å²) in [5.41, 5.74) is 1.91. The van der Waals surface area contributed by atoms with Gasteiger partial charge in [-0.25, -0.2) is 4.98 Å². The molecule has 23 heavy (non-hydrogen) atoms. The zero-order chi connectivity index (χ0) is 16.0. The number of rotatable bonds is 3. The van der Waals surface area contributed by atoms with E-state index in [-0.39, 0.29) is 11.6 Å². The van der Waals surface area contributed by atoms with Gasteiger partial charge in [-0.3, -0.25) is 9.36 Å². The molecule has 116 valence electrons. The first kappa shape index (κ1) is 13.7. The van der Waals surface area contributed by atoms with Gasteiger partial charge in [0.05, 0.1) is 6.33 Å². The van der Waals surface area contributed by atoms with Crippen LogP contribution in [0.5, 0.6) is 0 Å². The number of fused-ring (bicyclic) bond motifs is 2. The molecule has 0 atom stereocenters. The number of nitrogens with one attached hydrogen (secondary N) is 1. The van der Waals surface area contributed by atoms with Crippen molar-refractivity contribution in [2.75, 3.05) is 0 Å². The molecule has 3 aromatic heterocycles. The molecule has 1 N–H and O–H groups in total. The summed E-state index contributed by atoms with van der Waals surface area (Å²) in [5.74, 6) is 1.16. The normalized spacial score (nSPS) is 11.8. The fourth-order valence-electron chi connectivity index (χ4n) is 2.81. The van der Waals surface area contributed by atoms with E-state index in [4.69, 9.17) is 0 Å². The molecule has 0 aliphatic carbocycles. The monoisotopic (exact) mass is 308 g/mol. The van der Waals surface area contributed by atoms with Gasteiger partial charge in [-0.2, -0.15) is 9.50 Å². The molecule has 0 aliphatic rings. The lowest BCUT2D eigenvalue weighted by atomic mass is 10.1. The van der Waals surface area contributed by atoms with Gasteiger partial charge in [0, 0.05) is 12.5 Å². The van der Waals surface area contributed by atoms with Gasteiger partial charge in [-0.15, -0.1) is 5.10 Å². The van der Waals surface area contributed by atoms with Crippen LogP contribution in [0.2, 0.25) is 0 Å². The summed E-state index contributed by atoms with van der Waals surface area (Å²) in [5, 5.41) is 4.40. The van der Waals surface area contributed by atoms with Crippen LogP contribution in [-0.2, 0) is 6.42 Å². The first-order valence-corrected chi connectivity index (χ1v) is 7.52. The zero-order valence-electron chi connectivity index (χ0n) is 12.9. The maximum absolute atomic E-state index is 12.6. The van der Waals surface area contributed by atoms with Crippen LogP contribution in [0.15, 0.2) is 41.5 Å². The molecular weight excluding hydrogens is 292 g/mol. The van der Waals surface area contributed by atoms with Crippen LogP contribution in [0.3, 0.4) is 0 Å². The number of nitrogens with zero attached hydrogens (tertiary/aromatic N) is 5. The average Bonchev–Trinajstić information content (AvgIpc) is 3.15. The van der Waals surface area contributed by atoms with Gasteiger partial charge < -0.3 is 4.98 Å². The third-order valence-corrected chi connectivity index (χ3v) is 3.83.